The number of ether oxygens (including phenoxy) is 1. The van der Waals surface area contributed by atoms with Gasteiger partial charge in [-0.25, -0.2) is 27.3 Å². The fourth-order valence-electron chi connectivity index (χ4n) is 2.96. The number of amides is 1. The van der Waals surface area contributed by atoms with Gasteiger partial charge in [-0.3, -0.25) is 9.36 Å². The van der Waals surface area contributed by atoms with Crippen LogP contribution in [0.15, 0.2) is 35.1 Å². The number of carbonyl (C=O) groups excluding carboxylic acids is 1. The van der Waals surface area contributed by atoms with Crippen LogP contribution in [0, 0.1) is 23.3 Å². The molecule has 0 aliphatic carbocycles. The first-order valence-corrected chi connectivity index (χ1v) is 9.23. The van der Waals surface area contributed by atoms with Crippen molar-refractivity contribution in [1.82, 2.24) is 14.9 Å². The zero-order valence-electron chi connectivity index (χ0n) is 17.1. The molecule has 10 heteroatoms. The lowest BCUT2D eigenvalue weighted by Crippen LogP contribution is -2.37. The summed E-state index contributed by atoms with van der Waals surface area (Å²) in [7, 11) is 0. The summed E-state index contributed by atoms with van der Waals surface area (Å²) in [5.41, 5.74) is -2.15. The van der Waals surface area contributed by atoms with Crippen LogP contribution in [-0.4, -0.2) is 21.2 Å². The zero-order valence-corrected chi connectivity index (χ0v) is 17.1. The van der Waals surface area contributed by atoms with Crippen LogP contribution in [0.4, 0.5) is 22.4 Å². The van der Waals surface area contributed by atoms with E-state index in [0.29, 0.717) is 12.1 Å². The highest BCUT2D eigenvalue weighted by atomic mass is 19.2. The lowest BCUT2D eigenvalue weighted by atomic mass is 10.2. The average Bonchev–Trinajstić information content (AvgIpc) is 2.60. The molecule has 0 spiro atoms. The largest absolute Gasteiger partial charge is 0.444 e. The van der Waals surface area contributed by atoms with Gasteiger partial charge in [0.25, 0.3) is 5.56 Å². The van der Waals surface area contributed by atoms with E-state index >= 15 is 0 Å². The van der Waals surface area contributed by atoms with Gasteiger partial charge >= 0.3 is 6.09 Å². The predicted molar refractivity (Wildman–Crippen MR) is 105 cm³/mol. The Morgan fingerprint density at radius 1 is 1.03 bits per heavy atom. The van der Waals surface area contributed by atoms with Gasteiger partial charge in [-0.15, -0.1) is 0 Å². The number of hydrogen-bond donors (Lipinski definition) is 1. The van der Waals surface area contributed by atoms with Crippen LogP contribution in [0.5, 0.6) is 0 Å². The minimum absolute atomic E-state index is 0.167. The van der Waals surface area contributed by atoms with Gasteiger partial charge < -0.3 is 10.1 Å². The summed E-state index contributed by atoms with van der Waals surface area (Å²) < 4.78 is 61.1. The van der Waals surface area contributed by atoms with Crippen molar-refractivity contribution in [2.75, 3.05) is 0 Å². The van der Waals surface area contributed by atoms with Crippen molar-refractivity contribution in [1.29, 1.82) is 0 Å². The van der Waals surface area contributed by atoms with Crippen molar-refractivity contribution in [3.05, 3.63) is 69.8 Å². The van der Waals surface area contributed by atoms with Gasteiger partial charge in [0.1, 0.15) is 23.1 Å². The predicted octanol–water partition coefficient (Wildman–Crippen LogP) is 4.53. The number of rotatable bonds is 3. The Bertz CT molecular complexity index is 1210. The number of halogens is 4. The monoisotopic (exact) mass is 437 g/mol. The molecule has 164 valence electrons. The normalized spacial score (nSPS) is 12.6. The molecule has 0 fully saturated rings. The highest BCUT2D eigenvalue weighted by Crippen LogP contribution is 2.22. The second-order valence-corrected chi connectivity index (χ2v) is 7.89. The van der Waals surface area contributed by atoms with Crippen LogP contribution in [0.3, 0.4) is 0 Å². The number of fused-ring (bicyclic) bond motifs is 1. The molecule has 1 aromatic heterocycles. The Morgan fingerprint density at radius 3 is 2.19 bits per heavy atom. The maximum Gasteiger partial charge on any atom is 0.408 e. The van der Waals surface area contributed by atoms with E-state index in [1.807, 2.05) is 0 Å². The van der Waals surface area contributed by atoms with Gasteiger partial charge in [0.05, 0.1) is 22.6 Å². The molecular weight excluding hydrogens is 418 g/mol. The van der Waals surface area contributed by atoms with E-state index in [4.69, 9.17) is 4.74 Å². The summed E-state index contributed by atoms with van der Waals surface area (Å²) in [5.74, 6) is -4.61. The Labute approximate surface area is 174 Å². The Morgan fingerprint density at radius 2 is 1.61 bits per heavy atom. The van der Waals surface area contributed by atoms with Gasteiger partial charge in [-0.2, -0.15) is 0 Å². The van der Waals surface area contributed by atoms with Crippen LogP contribution >= 0.6 is 0 Å². The molecule has 3 aromatic rings. The van der Waals surface area contributed by atoms with E-state index < -0.39 is 46.6 Å². The Hall–Kier alpha value is -3.43. The van der Waals surface area contributed by atoms with Crippen molar-refractivity contribution >= 4 is 17.0 Å². The summed E-state index contributed by atoms with van der Waals surface area (Å²) in [6, 6.07) is 2.74. The first-order chi connectivity index (χ1) is 14.4. The smallest absolute Gasteiger partial charge is 0.408 e. The molecule has 6 nitrogen and oxygen atoms in total. The molecule has 0 aliphatic heterocycles. The molecule has 31 heavy (non-hydrogen) atoms. The zero-order chi connectivity index (χ0) is 23.1. The lowest BCUT2D eigenvalue weighted by Gasteiger charge is -2.23. The van der Waals surface area contributed by atoms with Gasteiger partial charge in [0, 0.05) is 12.1 Å². The van der Waals surface area contributed by atoms with Gasteiger partial charge in [-0.05, 0) is 45.9 Å². The highest BCUT2D eigenvalue weighted by Gasteiger charge is 2.24. The van der Waals surface area contributed by atoms with Crippen molar-refractivity contribution in [3.63, 3.8) is 0 Å². The summed E-state index contributed by atoms with van der Waals surface area (Å²) in [4.78, 5) is 29.4. The quantitative estimate of drug-likeness (QED) is 0.612. The third-order valence-corrected chi connectivity index (χ3v) is 4.16. The van der Waals surface area contributed by atoms with E-state index in [-0.39, 0.29) is 22.4 Å². The molecule has 1 atom stereocenters. The minimum atomic E-state index is -1.28. The fourth-order valence-corrected chi connectivity index (χ4v) is 2.96. The van der Waals surface area contributed by atoms with Crippen molar-refractivity contribution in [2.24, 2.45) is 0 Å². The molecule has 3 rings (SSSR count). The molecule has 1 N–H and O–H groups in total. The summed E-state index contributed by atoms with van der Waals surface area (Å²) >= 11 is 0. The number of aromatic nitrogens is 2. The second kappa shape index (κ2) is 8.01. The third kappa shape index (κ3) is 4.84. The molecule has 0 saturated carbocycles. The van der Waals surface area contributed by atoms with Crippen molar-refractivity contribution in [3.8, 4) is 5.69 Å². The first-order valence-electron chi connectivity index (χ1n) is 9.23. The number of alkyl carbamates (subject to hydrolysis) is 1. The third-order valence-electron chi connectivity index (χ3n) is 4.16. The van der Waals surface area contributed by atoms with Gasteiger partial charge in [0.2, 0.25) is 0 Å². The standard InChI is InChI=1S/C21H19F4N3O3/c1-10(26-20(30)31-21(2,3)4)18-27-17-9-16(25)15(24)8-14(17)19(29)28(18)13-6-11(22)5-12(23)7-13/h5-10H,1-4H3,(H,26,30). The molecule has 0 bridgehead atoms. The van der Waals surface area contributed by atoms with E-state index in [1.54, 1.807) is 20.8 Å². The van der Waals surface area contributed by atoms with Crippen molar-refractivity contribution < 1.29 is 27.1 Å². The van der Waals surface area contributed by atoms with Crippen LogP contribution in [-0.2, 0) is 4.74 Å². The van der Waals surface area contributed by atoms with E-state index in [9.17, 15) is 27.2 Å². The topological polar surface area (TPSA) is 73.2 Å². The summed E-state index contributed by atoms with van der Waals surface area (Å²) in [6.07, 6.45) is -0.836. The molecule has 2 aromatic carbocycles. The number of benzene rings is 2. The van der Waals surface area contributed by atoms with Crippen molar-refractivity contribution in [2.45, 2.75) is 39.3 Å². The fraction of sp³-hybridized carbons (Fsp3) is 0.286. The molecular formula is C21H19F4N3O3. The lowest BCUT2D eigenvalue weighted by molar-refractivity contribution is 0.0505. The number of carbonyl (C=O) groups is 1. The second-order valence-electron chi connectivity index (χ2n) is 7.89. The molecule has 1 amide bonds. The minimum Gasteiger partial charge on any atom is -0.444 e. The van der Waals surface area contributed by atoms with Crippen LogP contribution < -0.4 is 10.9 Å². The van der Waals surface area contributed by atoms with Crippen LogP contribution in [0.25, 0.3) is 16.6 Å². The molecule has 1 heterocycles. The number of hydrogen-bond acceptors (Lipinski definition) is 4. The number of nitrogens with zero attached hydrogens (tertiary/aromatic N) is 2. The summed E-state index contributed by atoms with van der Waals surface area (Å²) in [6.45, 7) is 6.39. The van der Waals surface area contributed by atoms with E-state index in [2.05, 4.69) is 10.3 Å². The van der Waals surface area contributed by atoms with E-state index in [0.717, 1.165) is 22.8 Å². The Kier molecular flexibility index (Phi) is 5.75. The maximum atomic E-state index is 13.8. The molecule has 0 radical (unpaired) electrons. The molecule has 0 aliphatic rings. The van der Waals surface area contributed by atoms with Gasteiger partial charge in [-0.1, -0.05) is 0 Å². The van der Waals surface area contributed by atoms with Crippen LogP contribution in [0.2, 0.25) is 0 Å². The first kappa shape index (κ1) is 22.3. The van der Waals surface area contributed by atoms with E-state index in [1.165, 1.54) is 6.92 Å². The highest BCUT2D eigenvalue weighted by molar-refractivity contribution is 5.78. The summed E-state index contributed by atoms with van der Waals surface area (Å²) in [5, 5.41) is 2.16. The van der Waals surface area contributed by atoms with Crippen LogP contribution in [0.1, 0.15) is 39.6 Å². The maximum absolute atomic E-state index is 13.8. The number of nitrogens with one attached hydrogen (secondary N) is 1. The van der Waals surface area contributed by atoms with Gasteiger partial charge in [0.15, 0.2) is 11.6 Å². The average molecular weight is 437 g/mol. The Balaban J connectivity index is 2.23. The SMILES string of the molecule is CC(NC(=O)OC(C)(C)C)c1nc2cc(F)c(F)cc2c(=O)n1-c1cc(F)cc(F)c1. The molecule has 1 unspecified atom stereocenters. The molecule has 0 saturated heterocycles.